The summed E-state index contributed by atoms with van der Waals surface area (Å²) < 4.78 is 1.66. The summed E-state index contributed by atoms with van der Waals surface area (Å²) in [6, 6.07) is 0. The number of likely N-dealkylation sites (tertiary alicyclic amines) is 2. The van der Waals surface area contributed by atoms with Gasteiger partial charge in [-0.3, -0.25) is 9.59 Å². The molecule has 2 aliphatic heterocycles. The van der Waals surface area contributed by atoms with Crippen molar-refractivity contribution in [1.82, 2.24) is 24.6 Å². The molecule has 1 unspecified atom stereocenters. The van der Waals surface area contributed by atoms with Crippen LogP contribution in [0, 0.1) is 25.7 Å². The molecule has 2 saturated heterocycles. The van der Waals surface area contributed by atoms with Crippen LogP contribution in [-0.4, -0.2) is 62.6 Å². The Hall–Kier alpha value is -1.92. The molecule has 2 fully saturated rings. The first kappa shape index (κ1) is 17.9. The summed E-state index contributed by atoms with van der Waals surface area (Å²) in [5, 5.41) is 4.25. The Bertz CT molecular complexity index is 633. The fraction of sp³-hybridized carbons (Fsp3) is 0.778. The van der Waals surface area contributed by atoms with Gasteiger partial charge < -0.3 is 9.80 Å². The standard InChI is InChI=1S/C18H29N5O2/c1-13-5-4-8-22(11-13)18(25)16-6-9-21(10-7-16)17(24)12-23-15(3)19-14(2)20-23/h13,16H,4-12H2,1-3H3. The van der Waals surface area contributed by atoms with Crippen molar-refractivity contribution in [3.63, 3.8) is 0 Å². The van der Waals surface area contributed by atoms with Gasteiger partial charge in [0, 0.05) is 32.1 Å². The lowest BCUT2D eigenvalue weighted by Crippen LogP contribution is -2.47. The van der Waals surface area contributed by atoms with Gasteiger partial charge >= 0.3 is 0 Å². The van der Waals surface area contributed by atoms with Gasteiger partial charge in [0.1, 0.15) is 18.2 Å². The first-order chi connectivity index (χ1) is 11.9. The average molecular weight is 347 g/mol. The first-order valence-corrected chi connectivity index (χ1v) is 9.38. The minimum atomic E-state index is 0.0606. The van der Waals surface area contributed by atoms with Crippen LogP contribution in [0.2, 0.25) is 0 Å². The van der Waals surface area contributed by atoms with Gasteiger partial charge in [-0.05, 0) is 45.4 Å². The largest absolute Gasteiger partial charge is 0.342 e. The van der Waals surface area contributed by atoms with E-state index in [0.717, 1.165) is 38.2 Å². The summed E-state index contributed by atoms with van der Waals surface area (Å²) in [4.78, 5) is 33.3. The Morgan fingerprint density at radius 3 is 2.40 bits per heavy atom. The second kappa shape index (κ2) is 7.54. The predicted octanol–water partition coefficient (Wildman–Crippen LogP) is 1.39. The summed E-state index contributed by atoms with van der Waals surface area (Å²) in [6.07, 6.45) is 3.87. The molecule has 1 aromatic rings. The third-order valence-electron chi connectivity index (χ3n) is 5.41. The van der Waals surface area contributed by atoms with E-state index < -0.39 is 0 Å². The Kier molecular flexibility index (Phi) is 5.39. The quantitative estimate of drug-likeness (QED) is 0.828. The minimum Gasteiger partial charge on any atom is -0.342 e. The highest BCUT2D eigenvalue weighted by molar-refractivity contribution is 5.80. The molecule has 0 aliphatic carbocycles. The molecule has 0 spiro atoms. The van der Waals surface area contributed by atoms with E-state index in [1.54, 1.807) is 4.68 Å². The SMILES string of the molecule is Cc1nc(C)n(CC(=O)N2CCC(C(=O)N3CCCC(C)C3)CC2)n1. The van der Waals surface area contributed by atoms with Crippen LogP contribution in [0.3, 0.4) is 0 Å². The zero-order valence-corrected chi connectivity index (χ0v) is 15.6. The van der Waals surface area contributed by atoms with Gasteiger partial charge in [0.2, 0.25) is 11.8 Å². The van der Waals surface area contributed by atoms with Gasteiger partial charge in [0.25, 0.3) is 0 Å². The van der Waals surface area contributed by atoms with Crippen molar-refractivity contribution in [2.45, 2.75) is 53.0 Å². The van der Waals surface area contributed by atoms with E-state index in [1.807, 2.05) is 23.6 Å². The summed E-state index contributed by atoms with van der Waals surface area (Å²) in [5.41, 5.74) is 0. The number of hydrogen-bond acceptors (Lipinski definition) is 4. The lowest BCUT2D eigenvalue weighted by atomic mass is 9.92. The van der Waals surface area contributed by atoms with Crippen LogP contribution >= 0.6 is 0 Å². The fourth-order valence-electron chi connectivity index (χ4n) is 3.96. The molecule has 0 saturated carbocycles. The maximum atomic E-state index is 12.7. The molecule has 0 N–H and O–H groups in total. The van der Waals surface area contributed by atoms with Crippen molar-refractivity contribution in [3.8, 4) is 0 Å². The van der Waals surface area contributed by atoms with Crippen LogP contribution in [0.4, 0.5) is 0 Å². The van der Waals surface area contributed by atoms with Crippen LogP contribution in [0.25, 0.3) is 0 Å². The van der Waals surface area contributed by atoms with Crippen molar-refractivity contribution >= 4 is 11.8 Å². The normalized spacial score (nSPS) is 22.3. The average Bonchev–Trinajstić information content (AvgIpc) is 2.91. The Labute approximate surface area is 149 Å². The molecule has 7 heteroatoms. The smallest absolute Gasteiger partial charge is 0.244 e. The zero-order chi connectivity index (χ0) is 18.0. The van der Waals surface area contributed by atoms with E-state index in [9.17, 15) is 9.59 Å². The fourth-order valence-corrected chi connectivity index (χ4v) is 3.96. The van der Waals surface area contributed by atoms with Crippen molar-refractivity contribution in [1.29, 1.82) is 0 Å². The molecule has 138 valence electrons. The van der Waals surface area contributed by atoms with Gasteiger partial charge in [-0.2, -0.15) is 5.10 Å². The van der Waals surface area contributed by atoms with E-state index in [4.69, 9.17) is 0 Å². The monoisotopic (exact) mass is 347 g/mol. The van der Waals surface area contributed by atoms with E-state index in [0.29, 0.717) is 30.7 Å². The maximum absolute atomic E-state index is 12.7. The van der Waals surface area contributed by atoms with E-state index in [1.165, 1.54) is 6.42 Å². The van der Waals surface area contributed by atoms with Gasteiger partial charge in [0.05, 0.1) is 0 Å². The summed E-state index contributed by atoms with van der Waals surface area (Å²) >= 11 is 0. The van der Waals surface area contributed by atoms with Crippen molar-refractivity contribution in [2.24, 2.45) is 11.8 Å². The molecular weight excluding hydrogens is 318 g/mol. The van der Waals surface area contributed by atoms with E-state index in [2.05, 4.69) is 17.0 Å². The molecule has 0 aromatic carbocycles. The highest BCUT2D eigenvalue weighted by atomic mass is 16.2. The van der Waals surface area contributed by atoms with E-state index >= 15 is 0 Å². The number of carbonyl (C=O) groups is 2. The molecule has 0 bridgehead atoms. The Balaban J connectivity index is 1.50. The van der Waals surface area contributed by atoms with Crippen molar-refractivity contribution < 1.29 is 9.59 Å². The molecule has 0 radical (unpaired) electrons. The van der Waals surface area contributed by atoms with Crippen LogP contribution < -0.4 is 0 Å². The lowest BCUT2D eigenvalue weighted by Gasteiger charge is -2.37. The summed E-state index contributed by atoms with van der Waals surface area (Å²) in [5.74, 6) is 2.48. The Morgan fingerprint density at radius 1 is 1.08 bits per heavy atom. The number of carbonyl (C=O) groups excluding carboxylic acids is 2. The molecule has 1 aromatic heterocycles. The van der Waals surface area contributed by atoms with Gasteiger partial charge in [-0.1, -0.05) is 6.92 Å². The molecule has 3 heterocycles. The minimum absolute atomic E-state index is 0.0606. The van der Waals surface area contributed by atoms with Gasteiger partial charge in [-0.25, -0.2) is 9.67 Å². The van der Waals surface area contributed by atoms with Crippen LogP contribution in [0.5, 0.6) is 0 Å². The van der Waals surface area contributed by atoms with Crippen LogP contribution in [-0.2, 0) is 16.1 Å². The number of hydrogen-bond donors (Lipinski definition) is 0. The highest BCUT2D eigenvalue weighted by Gasteiger charge is 2.31. The number of aryl methyl sites for hydroxylation is 2. The molecule has 1 atom stereocenters. The molecule has 2 aliphatic rings. The molecular formula is C18H29N5O2. The van der Waals surface area contributed by atoms with Crippen LogP contribution in [0.1, 0.15) is 44.3 Å². The topological polar surface area (TPSA) is 71.3 Å². The molecule has 25 heavy (non-hydrogen) atoms. The second-order valence-corrected chi connectivity index (χ2v) is 7.55. The van der Waals surface area contributed by atoms with Crippen molar-refractivity contribution in [3.05, 3.63) is 11.6 Å². The number of amides is 2. The third kappa shape index (κ3) is 4.19. The molecule has 7 nitrogen and oxygen atoms in total. The summed E-state index contributed by atoms with van der Waals surface area (Å²) in [7, 11) is 0. The Morgan fingerprint density at radius 2 is 1.80 bits per heavy atom. The lowest BCUT2D eigenvalue weighted by molar-refractivity contribution is -0.142. The zero-order valence-electron chi connectivity index (χ0n) is 15.6. The highest BCUT2D eigenvalue weighted by Crippen LogP contribution is 2.23. The predicted molar refractivity (Wildman–Crippen MR) is 93.8 cm³/mol. The maximum Gasteiger partial charge on any atom is 0.244 e. The van der Waals surface area contributed by atoms with Gasteiger partial charge in [-0.15, -0.1) is 0 Å². The third-order valence-corrected chi connectivity index (χ3v) is 5.41. The van der Waals surface area contributed by atoms with Gasteiger partial charge in [0.15, 0.2) is 0 Å². The first-order valence-electron chi connectivity index (χ1n) is 9.38. The molecule has 2 amide bonds. The van der Waals surface area contributed by atoms with Crippen LogP contribution in [0.15, 0.2) is 0 Å². The summed E-state index contributed by atoms with van der Waals surface area (Å²) in [6.45, 7) is 9.24. The van der Waals surface area contributed by atoms with Crippen molar-refractivity contribution in [2.75, 3.05) is 26.2 Å². The number of piperidine rings is 2. The van der Waals surface area contributed by atoms with E-state index in [-0.39, 0.29) is 18.4 Å². The number of rotatable bonds is 3. The second-order valence-electron chi connectivity index (χ2n) is 7.55. The number of aromatic nitrogens is 3. The number of nitrogens with zero attached hydrogens (tertiary/aromatic N) is 5. The molecule has 3 rings (SSSR count).